The Morgan fingerprint density at radius 2 is 1.47 bits per heavy atom. The van der Waals surface area contributed by atoms with Gasteiger partial charge in [0.15, 0.2) is 0 Å². The Kier molecular flexibility index (Phi) is 3.95. The molecular formula is C12H5Cl3F3N. The van der Waals surface area contributed by atoms with E-state index in [1.165, 1.54) is 18.3 Å². The normalized spacial score (nSPS) is 11.7. The summed E-state index contributed by atoms with van der Waals surface area (Å²) < 4.78 is 37.8. The summed E-state index contributed by atoms with van der Waals surface area (Å²) in [6.45, 7) is 0. The van der Waals surface area contributed by atoms with Gasteiger partial charge in [-0.3, -0.25) is 4.98 Å². The molecule has 0 unspecified atom stereocenters. The lowest BCUT2D eigenvalue weighted by atomic mass is 10.1. The smallest absolute Gasteiger partial charge is 0.263 e. The molecule has 100 valence electrons. The Labute approximate surface area is 121 Å². The molecule has 0 spiro atoms. The van der Waals surface area contributed by atoms with Gasteiger partial charge >= 0.3 is 6.18 Å². The van der Waals surface area contributed by atoms with E-state index in [0.717, 1.165) is 12.3 Å². The first-order valence-electron chi connectivity index (χ1n) is 4.96. The molecule has 1 aromatic heterocycles. The van der Waals surface area contributed by atoms with E-state index in [0.29, 0.717) is 5.56 Å². The van der Waals surface area contributed by atoms with Gasteiger partial charge in [-0.2, -0.15) is 13.2 Å². The second-order valence-electron chi connectivity index (χ2n) is 3.71. The maximum absolute atomic E-state index is 12.6. The van der Waals surface area contributed by atoms with Crippen LogP contribution >= 0.6 is 34.8 Å². The average Bonchev–Trinajstić information content (AvgIpc) is 2.33. The summed E-state index contributed by atoms with van der Waals surface area (Å²) in [5.74, 6) is 0. The van der Waals surface area contributed by atoms with E-state index in [2.05, 4.69) is 4.98 Å². The molecule has 0 radical (unpaired) electrons. The van der Waals surface area contributed by atoms with Crippen LogP contribution in [0.4, 0.5) is 13.2 Å². The Morgan fingerprint density at radius 1 is 0.842 bits per heavy atom. The molecule has 0 aliphatic heterocycles. The SMILES string of the molecule is FC(F)(F)c1cncc(-c2cc(Cl)c(Cl)cc2Cl)c1. The van der Waals surface area contributed by atoms with Crippen LogP contribution in [-0.2, 0) is 6.18 Å². The lowest BCUT2D eigenvalue weighted by molar-refractivity contribution is -0.137. The van der Waals surface area contributed by atoms with Gasteiger partial charge in [0.1, 0.15) is 0 Å². The van der Waals surface area contributed by atoms with Gasteiger partial charge in [-0.25, -0.2) is 0 Å². The molecule has 19 heavy (non-hydrogen) atoms. The zero-order chi connectivity index (χ0) is 14.2. The fourth-order valence-electron chi connectivity index (χ4n) is 1.49. The van der Waals surface area contributed by atoms with Crippen LogP contribution in [0.5, 0.6) is 0 Å². The summed E-state index contributed by atoms with van der Waals surface area (Å²) in [5, 5.41) is 0.643. The molecule has 1 nitrogen and oxygen atoms in total. The third kappa shape index (κ3) is 3.14. The van der Waals surface area contributed by atoms with E-state index in [1.54, 1.807) is 0 Å². The van der Waals surface area contributed by atoms with Crippen molar-refractivity contribution in [2.45, 2.75) is 6.18 Å². The standard InChI is InChI=1S/C12H5Cl3F3N/c13-9-3-11(15)10(14)2-8(9)6-1-7(5-19-4-6)12(16,17)18/h1-5H. The first kappa shape index (κ1) is 14.4. The fraction of sp³-hybridized carbons (Fsp3) is 0.0833. The summed E-state index contributed by atoms with van der Waals surface area (Å²) in [6.07, 6.45) is -2.44. The summed E-state index contributed by atoms with van der Waals surface area (Å²) in [4.78, 5) is 3.57. The Bertz CT molecular complexity index is 626. The summed E-state index contributed by atoms with van der Waals surface area (Å²) in [7, 11) is 0. The number of pyridine rings is 1. The lowest BCUT2D eigenvalue weighted by Gasteiger charge is -2.10. The van der Waals surface area contributed by atoms with Crippen LogP contribution in [-0.4, -0.2) is 4.98 Å². The first-order chi connectivity index (χ1) is 8.79. The van der Waals surface area contributed by atoms with Gasteiger partial charge in [-0.15, -0.1) is 0 Å². The van der Waals surface area contributed by atoms with Crippen molar-refractivity contribution in [2.75, 3.05) is 0 Å². The van der Waals surface area contributed by atoms with Crippen LogP contribution < -0.4 is 0 Å². The zero-order valence-electron chi connectivity index (χ0n) is 9.10. The molecule has 0 saturated carbocycles. The number of hydrogen-bond acceptors (Lipinski definition) is 1. The largest absolute Gasteiger partial charge is 0.417 e. The minimum atomic E-state index is -4.47. The number of aromatic nitrogens is 1. The number of halogens is 6. The van der Waals surface area contributed by atoms with Crippen LogP contribution in [0.3, 0.4) is 0 Å². The Balaban J connectivity index is 2.57. The number of benzene rings is 1. The molecule has 7 heteroatoms. The van der Waals surface area contributed by atoms with Crippen LogP contribution in [0.15, 0.2) is 30.6 Å². The third-order valence-electron chi connectivity index (χ3n) is 2.39. The molecule has 2 rings (SSSR count). The quantitative estimate of drug-likeness (QED) is 0.610. The van der Waals surface area contributed by atoms with E-state index in [-0.39, 0.29) is 20.6 Å². The molecule has 0 atom stereocenters. The fourth-order valence-corrected chi connectivity index (χ4v) is 2.14. The molecule has 0 aliphatic rings. The van der Waals surface area contributed by atoms with Crippen molar-refractivity contribution >= 4 is 34.8 Å². The predicted octanol–water partition coefficient (Wildman–Crippen LogP) is 5.73. The van der Waals surface area contributed by atoms with Crippen molar-refractivity contribution in [1.29, 1.82) is 0 Å². The molecule has 2 aromatic rings. The first-order valence-corrected chi connectivity index (χ1v) is 6.09. The van der Waals surface area contributed by atoms with Gasteiger partial charge in [0.2, 0.25) is 0 Å². The van der Waals surface area contributed by atoms with Gasteiger partial charge in [0.05, 0.1) is 20.6 Å². The van der Waals surface area contributed by atoms with E-state index in [4.69, 9.17) is 34.8 Å². The number of hydrogen-bond donors (Lipinski definition) is 0. The Morgan fingerprint density at radius 3 is 2.11 bits per heavy atom. The molecule has 1 aromatic carbocycles. The lowest BCUT2D eigenvalue weighted by Crippen LogP contribution is -2.05. The molecular weight excluding hydrogens is 321 g/mol. The van der Waals surface area contributed by atoms with Crippen LogP contribution in [0, 0.1) is 0 Å². The summed E-state index contributed by atoms with van der Waals surface area (Å²) >= 11 is 17.5. The molecule has 0 fully saturated rings. The number of nitrogens with zero attached hydrogens (tertiary/aromatic N) is 1. The van der Waals surface area contributed by atoms with Crippen molar-refractivity contribution in [1.82, 2.24) is 4.98 Å². The van der Waals surface area contributed by atoms with Gasteiger partial charge in [-0.1, -0.05) is 34.8 Å². The second-order valence-corrected chi connectivity index (χ2v) is 4.93. The molecule has 0 N–H and O–H groups in total. The van der Waals surface area contributed by atoms with Gasteiger partial charge < -0.3 is 0 Å². The zero-order valence-corrected chi connectivity index (χ0v) is 11.4. The molecule has 0 aliphatic carbocycles. The highest BCUT2D eigenvalue weighted by Crippen LogP contribution is 2.37. The third-order valence-corrected chi connectivity index (χ3v) is 3.42. The van der Waals surface area contributed by atoms with E-state index < -0.39 is 11.7 Å². The number of rotatable bonds is 1. The van der Waals surface area contributed by atoms with Crippen molar-refractivity contribution in [3.05, 3.63) is 51.2 Å². The highest BCUT2D eigenvalue weighted by atomic mass is 35.5. The van der Waals surface area contributed by atoms with Crippen LogP contribution in [0.25, 0.3) is 11.1 Å². The minimum absolute atomic E-state index is 0.204. The second kappa shape index (κ2) is 5.19. The maximum atomic E-state index is 12.6. The van der Waals surface area contributed by atoms with Gasteiger partial charge in [0.25, 0.3) is 0 Å². The minimum Gasteiger partial charge on any atom is -0.263 e. The summed E-state index contributed by atoms with van der Waals surface area (Å²) in [6, 6.07) is 3.74. The summed E-state index contributed by atoms with van der Waals surface area (Å²) in [5.41, 5.74) is -0.291. The maximum Gasteiger partial charge on any atom is 0.417 e. The topological polar surface area (TPSA) is 12.9 Å². The Hall–Kier alpha value is -0.970. The average molecular weight is 327 g/mol. The van der Waals surface area contributed by atoms with Crippen LogP contribution in [0.2, 0.25) is 15.1 Å². The molecule has 0 amide bonds. The molecule has 0 bridgehead atoms. The van der Waals surface area contributed by atoms with E-state index in [1.807, 2.05) is 0 Å². The van der Waals surface area contributed by atoms with Crippen molar-refractivity contribution < 1.29 is 13.2 Å². The highest BCUT2D eigenvalue weighted by Gasteiger charge is 2.31. The highest BCUT2D eigenvalue weighted by molar-refractivity contribution is 6.44. The monoisotopic (exact) mass is 325 g/mol. The van der Waals surface area contributed by atoms with Gasteiger partial charge in [0, 0.05) is 23.5 Å². The van der Waals surface area contributed by atoms with Crippen molar-refractivity contribution in [3.8, 4) is 11.1 Å². The molecule has 0 saturated heterocycles. The van der Waals surface area contributed by atoms with Gasteiger partial charge in [-0.05, 0) is 18.2 Å². The van der Waals surface area contributed by atoms with Crippen molar-refractivity contribution in [3.63, 3.8) is 0 Å². The number of alkyl halides is 3. The molecule has 1 heterocycles. The van der Waals surface area contributed by atoms with E-state index >= 15 is 0 Å². The van der Waals surface area contributed by atoms with Crippen molar-refractivity contribution in [2.24, 2.45) is 0 Å². The van der Waals surface area contributed by atoms with E-state index in [9.17, 15) is 13.2 Å². The predicted molar refractivity (Wildman–Crippen MR) is 69.7 cm³/mol. The van der Waals surface area contributed by atoms with Crippen LogP contribution in [0.1, 0.15) is 5.56 Å².